The maximum Gasteiger partial charge on any atom is 0.341 e. The summed E-state index contributed by atoms with van der Waals surface area (Å²) in [6.07, 6.45) is 0. The maximum atomic E-state index is 11.4. The van der Waals surface area contributed by atoms with E-state index in [-0.39, 0.29) is 11.3 Å². The molecule has 2 rings (SSSR count). The summed E-state index contributed by atoms with van der Waals surface area (Å²) in [7, 11) is 1.28. The molecule has 0 unspecified atom stereocenters. The Labute approximate surface area is 101 Å². The van der Waals surface area contributed by atoms with Crippen LogP contribution < -0.4 is 0 Å². The first-order chi connectivity index (χ1) is 7.65. The molecule has 0 heterocycles. The minimum Gasteiger partial charge on any atom is -0.506 e. The van der Waals surface area contributed by atoms with Gasteiger partial charge in [-0.05, 0) is 11.5 Å². The summed E-state index contributed by atoms with van der Waals surface area (Å²) in [5.41, 5.74) is 0.160. The summed E-state index contributed by atoms with van der Waals surface area (Å²) in [5, 5.41) is 11.4. The molecule has 82 valence electrons. The van der Waals surface area contributed by atoms with E-state index in [2.05, 4.69) is 20.7 Å². The lowest BCUT2D eigenvalue weighted by molar-refractivity contribution is 0.0597. The maximum absolute atomic E-state index is 11.4. The molecule has 0 radical (unpaired) electrons. The fourth-order valence-corrected chi connectivity index (χ4v) is 2.16. The Morgan fingerprint density at radius 3 is 2.56 bits per heavy atom. The van der Waals surface area contributed by atoms with Crippen molar-refractivity contribution in [3.8, 4) is 5.75 Å². The fourth-order valence-electron chi connectivity index (χ4n) is 1.58. The second-order valence-electron chi connectivity index (χ2n) is 3.29. The lowest BCUT2D eigenvalue weighted by atomic mass is 10.1. The second kappa shape index (κ2) is 4.14. The molecular weight excluding hydrogens is 272 g/mol. The number of aromatic hydroxyl groups is 1. The molecule has 3 nitrogen and oxygen atoms in total. The minimum atomic E-state index is -0.552. The summed E-state index contributed by atoms with van der Waals surface area (Å²) in [5.74, 6) is -0.602. The van der Waals surface area contributed by atoms with Crippen molar-refractivity contribution in [2.75, 3.05) is 7.11 Å². The van der Waals surface area contributed by atoms with Crippen LogP contribution >= 0.6 is 15.9 Å². The van der Waals surface area contributed by atoms with E-state index in [0.29, 0.717) is 5.39 Å². The third kappa shape index (κ3) is 1.65. The molecule has 16 heavy (non-hydrogen) atoms. The van der Waals surface area contributed by atoms with Crippen LogP contribution in [0, 0.1) is 0 Å². The number of esters is 1. The second-order valence-corrected chi connectivity index (χ2v) is 4.15. The summed E-state index contributed by atoms with van der Waals surface area (Å²) >= 11 is 3.36. The average Bonchev–Trinajstić information content (AvgIpc) is 2.33. The highest BCUT2D eigenvalue weighted by molar-refractivity contribution is 9.10. The number of phenolic OH excluding ortho intramolecular Hbond substituents is 1. The molecule has 0 bridgehead atoms. The smallest absolute Gasteiger partial charge is 0.341 e. The van der Waals surface area contributed by atoms with E-state index in [9.17, 15) is 9.90 Å². The average molecular weight is 281 g/mol. The van der Waals surface area contributed by atoms with Crippen molar-refractivity contribution in [2.45, 2.75) is 0 Å². The van der Waals surface area contributed by atoms with Crippen molar-refractivity contribution >= 4 is 32.7 Å². The predicted octanol–water partition coefficient (Wildman–Crippen LogP) is 3.09. The molecule has 0 fully saturated rings. The van der Waals surface area contributed by atoms with Crippen LogP contribution in [0.2, 0.25) is 0 Å². The number of fused-ring (bicyclic) bond motifs is 1. The first-order valence-corrected chi connectivity index (χ1v) is 5.43. The summed E-state index contributed by atoms with van der Waals surface area (Å²) in [6.45, 7) is 0. The number of ether oxygens (including phenoxy) is 1. The van der Waals surface area contributed by atoms with Gasteiger partial charge in [-0.15, -0.1) is 0 Å². The number of carbonyl (C=O) groups excluding carboxylic acids is 1. The number of carbonyl (C=O) groups is 1. The highest BCUT2D eigenvalue weighted by atomic mass is 79.9. The summed E-state index contributed by atoms with van der Waals surface area (Å²) in [6, 6.07) is 8.84. The van der Waals surface area contributed by atoms with Gasteiger partial charge in [0.1, 0.15) is 11.3 Å². The Bertz CT molecular complexity index is 563. The van der Waals surface area contributed by atoms with E-state index in [1.807, 2.05) is 12.1 Å². The highest BCUT2D eigenvalue weighted by Gasteiger charge is 2.16. The lowest BCUT2D eigenvalue weighted by Gasteiger charge is -2.08. The van der Waals surface area contributed by atoms with Crippen molar-refractivity contribution in [3.63, 3.8) is 0 Å². The Kier molecular flexibility index (Phi) is 2.83. The predicted molar refractivity (Wildman–Crippen MR) is 64.7 cm³/mol. The Morgan fingerprint density at radius 2 is 1.94 bits per heavy atom. The normalized spacial score (nSPS) is 10.4. The topological polar surface area (TPSA) is 46.5 Å². The number of rotatable bonds is 1. The Hall–Kier alpha value is -1.55. The fraction of sp³-hybridized carbons (Fsp3) is 0.0833. The molecule has 0 saturated heterocycles. The van der Waals surface area contributed by atoms with Crippen LogP contribution in [0.4, 0.5) is 0 Å². The quantitative estimate of drug-likeness (QED) is 0.817. The Morgan fingerprint density at radius 1 is 1.31 bits per heavy atom. The van der Waals surface area contributed by atoms with Crippen LogP contribution in [0.5, 0.6) is 5.75 Å². The minimum absolute atomic E-state index is 0.0503. The summed E-state index contributed by atoms with van der Waals surface area (Å²) < 4.78 is 5.35. The van der Waals surface area contributed by atoms with Gasteiger partial charge in [-0.3, -0.25) is 0 Å². The van der Waals surface area contributed by atoms with Gasteiger partial charge in [0.15, 0.2) is 0 Å². The van der Waals surface area contributed by atoms with Gasteiger partial charge in [0.2, 0.25) is 0 Å². The molecule has 0 aliphatic carbocycles. The molecule has 0 spiro atoms. The van der Waals surface area contributed by atoms with E-state index in [0.717, 1.165) is 9.86 Å². The standard InChI is InChI=1S/C12H9BrO3/c1-16-12(15)9-6-10(13)7-4-2-3-5-8(7)11(9)14/h2-6,14H,1H3. The van der Waals surface area contributed by atoms with Gasteiger partial charge in [-0.25, -0.2) is 4.79 Å². The van der Waals surface area contributed by atoms with Crippen molar-refractivity contribution in [1.29, 1.82) is 0 Å². The van der Waals surface area contributed by atoms with Crippen molar-refractivity contribution in [2.24, 2.45) is 0 Å². The van der Waals surface area contributed by atoms with E-state index < -0.39 is 5.97 Å². The van der Waals surface area contributed by atoms with E-state index in [1.54, 1.807) is 18.2 Å². The molecule has 2 aromatic rings. The molecule has 0 aliphatic rings. The van der Waals surface area contributed by atoms with Crippen molar-refractivity contribution in [3.05, 3.63) is 40.4 Å². The number of phenols is 1. The third-order valence-electron chi connectivity index (χ3n) is 2.37. The van der Waals surface area contributed by atoms with Crippen LogP contribution in [-0.2, 0) is 4.74 Å². The van der Waals surface area contributed by atoms with Crippen LogP contribution in [0.1, 0.15) is 10.4 Å². The number of halogens is 1. The van der Waals surface area contributed by atoms with Crippen LogP contribution in [0.3, 0.4) is 0 Å². The zero-order valence-electron chi connectivity index (χ0n) is 8.53. The number of methoxy groups -OCH3 is 1. The van der Waals surface area contributed by atoms with Crippen molar-refractivity contribution in [1.82, 2.24) is 0 Å². The zero-order chi connectivity index (χ0) is 11.7. The molecule has 0 aliphatic heterocycles. The van der Waals surface area contributed by atoms with Gasteiger partial charge in [0, 0.05) is 9.86 Å². The van der Waals surface area contributed by atoms with Gasteiger partial charge in [0.25, 0.3) is 0 Å². The molecular formula is C12H9BrO3. The zero-order valence-corrected chi connectivity index (χ0v) is 10.1. The molecule has 0 amide bonds. The van der Waals surface area contributed by atoms with Gasteiger partial charge >= 0.3 is 5.97 Å². The molecule has 0 saturated carbocycles. The molecule has 4 heteroatoms. The van der Waals surface area contributed by atoms with Gasteiger partial charge in [-0.2, -0.15) is 0 Å². The molecule has 0 atom stereocenters. The third-order valence-corrected chi connectivity index (χ3v) is 3.03. The first kappa shape index (κ1) is 11.0. The van der Waals surface area contributed by atoms with Crippen LogP contribution in [0.25, 0.3) is 10.8 Å². The summed E-state index contributed by atoms with van der Waals surface area (Å²) in [4.78, 5) is 11.4. The number of hydrogen-bond acceptors (Lipinski definition) is 3. The largest absolute Gasteiger partial charge is 0.506 e. The van der Waals surface area contributed by atoms with Gasteiger partial charge in [0.05, 0.1) is 7.11 Å². The molecule has 0 aromatic heterocycles. The lowest BCUT2D eigenvalue weighted by Crippen LogP contribution is -2.01. The number of benzene rings is 2. The highest BCUT2D eigenvalue weighted by Crippen LogP contribution is 2.34. The number of hydrogen-bond donors (Lipinski definition) is 1. The van der Waals surface area contributed by atoms with Crippen LogP contribution in [0.15, 0.2) is 34.8 Å². The van der Waals surface area contributed by atoms with E-state index in [1.165, 1.54) is 7.11 Å². The molecule has 1 N–H and O–H groups in total. The van der Waals surface area contributed by atoms with Crippen molar-refractivity contribution < 1.29 is 14.6 Å². The van der Waals surface area contributed by atoms with Gasteiger partial charge < -0.3 is 9.84 Å². The monoisotopic (exact) mass is 280 g/mol. The SMILES string of the molecule is COC(=O)c1cc(Br)c2ccccc2c1O. The Balaban J connectivity index is 2.80. The van der Waals surface area contributed by atoms with E-state index in [4.69, 9.17) is 0 Å². The van der Waals surface area contributed by atoms with Crippen LogP contribution in [-0.4, -0.2) is 18.2 Å². The first-order valence-electron chi connectivity index (χ1n) is 4.63. The van der Waals surface area contributed by atoms with E-state index >= 15 is 0 Å². The molecule has 2 aromatic carbocycles. The van der Waals surface area contributed by atoms with Gasteiger partial charge in [-0.1, -0.05) is 40.2 Å².